The van der Waals surface area contributed by atoms with Crippen LogP contribution >= 0.6 is 0 Å². The average molecular weight is 287 g/mol. The number of aromatic nitrogens is 2. The standard InChI is InChI=1S/C15H14FN3O2/c1-21-15(20)13-4-5-14(18-17-13)19-7-6-10-8-12(16)3-2-11(10)9-19/h2-5,8H,6-7,9H2,1H3. The van der Waals surface area contributed by atoms with Gasteiger partial charge < -0.3 is 9.64 Å². The van der Waals surface area contributed by atoms with Crippen LogP contribution in [0.15, 0.2) is 30.3 Å². The molecule has 1 aliphatic rings. The molecular weight excluding hydrogens is 273 g/mol. The highest BCUT2D eigenvalue weighted by molar-refractivity contribution is 5.86. The van der Waals surface area contributed by atoms with Gasteiger partial charge in [-0.1, -0.05) is 6.07 Å². The van der Waals surface area contributed by atoms with Crippen LogP contribution in [0.2, 0.25) is 0 Å². The lowest BCUT2D eigenvalue weighted by molar-refractivity contribution is 0.0592. The molecule has 0 unspecified atom stereocenters. The molecule has 1 aromatic carbocycles. The maximum Gasteiger partial charge on any atom is 0.358 e. The third kappa shape index (κ3) is 2.69. The number of anilines is 1. The van der Waals surface area contributed by atoms with Gasteiger partial charge in [-0.05, 0) is 41.8 Å². The monoisotopic (exact) mass is 287 g/mol. The summed E-state index contributed by atoms with van der Waals surface area (Å²) in [6.45, 7) is 1.39. The number of carbonyl (C=O) groups is 1. The molecule has 3 rings (SSSR count). The van der Waals surface area contributed by atoms with E-state index in [1.54, 1.807) is 24.3 Å². The summed E-state index contributed by atoms with van der Waals surface area (Å²) in [4.78, 5) is 13.4. The molecule has 108 valence electrons. The Morgan fingerprint density at radius 3 is 2.81 bits per heavy atom. The van der Waals surface area contributed by atoms with Crippen LogP contribution in [0.4, 0.5) is 10.2 Å². The number of hydrogen-bond acceptors (Lipinski definition) is 5. The number of rotatable bonds is 2. The Balaban J connectivity index is 1.79. The lowest BCUT2D eigenvalue weighted by Gasteiger charge is -2.29. The zero-order valence-electron chi connectivity index (χ0n) is 11.5. The van der Waals surface area contributed by atoms with Gasteiger partial charge in [-0.15, -0.1) is 10.2 Å². The predicted octanol–water partition coefficient (Wildman–Crippen LogP) is 1.96. The van der Waals surface area contributed by atoms with Crippen molar-refractivity contribution in [3.63, 3.8) is 0 Å². The SMILES string of the molecule is COC(=O)c1ccc(N2CCc3cc(F)ccc3C2)nn1. The average Bonchev–Trinajstić information content (AvgIpc) is 2.53. The number of carbonyl (C=O) groups excluding carboxylic acids is 1. The Labute approximate surface area is 121 Å². The largest absolute Gasteiger partial charge is 0.464 e. The number of benzene rings is 1. The number of esters is 1. The molecule has 0 radical (unpaired) electrons. The molecule has 1 aliphatic heterocycles. The van der Waals surface area contributed by atoms with Crippen LogP contribution in [-0.4, -0.2) is 29.8 Å². The normalized spacial score (nSPS) is 13.7. The number of hydrogen-bond donors (Lipinski definition) is 0. The van der Waals surface area contributed by atoms with E-state index in [1.165, 1.54) is 13.2 Å². The van der Waals surface area contributed by atoms with E-state index in [2.05, 4.69) is 14.9 Å². The number of nitrogens with zero attached hydrogens (tertiary/aromatic N) is 3. The minimum Gasteiger partial charge on any atom is -0.464 e. The maximum absolute atomic E-state index is 13.2. The number of methoxy groups -OCH3 is 1. The predicted molar refractivity (Wildman–Crippen MR) is 74.5 cm³/mol. The van der Waals surface area contributed by atoms with Crippen molar-refractivity contribution in [3.8, 4) is 0 Å². The third-order valence-electron chi connectivity index (χ3n) is 3.55. The first-order chi connectivity index (χ1) is 10.2. The van der Waals surface area contributed by atoms with E-state index >= 15 is 0 Å². The summed E-state index contributed by atoms with van der Waals surface area (Å²) >= 11 is 0. The molecule has 0 fully saturated rings. The van der Waals surface area contributed by atoms with Gasteiger partial charge in [0.1, 0.15) is 5.82 Å². The molecule has 0 amide bonds. The van der Waals surface area contributed by atoms with Gasteiger partial charge in [0.15, 0.2) is 11.5 Å². The first-order valence-electron chi connectivity index (χ1n) is 6.61. The summed E-state index contributed by atoms with van der Waals surface area (Å²) in [5.41, 5.74) is 2.30. The summed E-state index contributed by atoms with van der Waals surface area (Å²) in [5.74, 6) is -0.0180. The summed E-state index contributed by atoms with van der Waals surface area (Å²) in [5, 5.41) is 7.93. The first-order valence-corrected chi connectivity index (χ1v) is 6.61. The highest BCUT2D eigenvalue weighted by Crippen LogP contribution is 2.23. The van der Waals surface area contributed by atoms with Crippen molar-refractivity contribution in [3.05, 3.63) is 53.0 Å². The highest BCUT2D eigenvalue weighted by atomic mass is 19.1. The molecule has 0 aliphatic carbocycles. The van der Waals surface area contributed by atoms with Gasteiger partial charge in [-0.2, -0.15) is 0 Å². The smallest absolute Gasteiger partial charge is 0.358 e. The van der Waals surface area contributed by atoms with E-state index in [9.17, 15) is 9.18 Å². The fourth-order valence-corrected chi connectivity index (χ4v) is 2.42. The van der Waals surface area contributed by atoms with Crippen molar-refractivity contribution in [2.45, 2.75) is 13.0 Å². The van der Waals surface area contributed by atoms with Gasteiger partial charge in [-0.3, -0.25) is 0 Å². The van der Waals surface area contributed by atoms with Crippen molar-refractivity contribution >= 4 is 11.8 Å². The van der Waals surface area contributed by atoms with Gasteiger partial charge in [0.25, 0.3) is 0 Å². The van der Waals surface area contributed by atoms with Gasteiger partial charge in [-0.25, -0.2) is 9.18 Å². The Bertz CT molecular complexity index is 673. The Morgan fingerprint density at radius 1 is 1.24 bits per heavy atom. The summed E-state index contributed by atoms with van der Waals surface area (Å²) in [6.07, 6.45) is 0.757. The van der Waals surface area contributed by atoms with Crippen LogP contribution in [0.3, 0.4) is 0 Å². The molecule has 2 aromatic rings. The molecule has 0 atom stereocenters. The number of halogens is 1. The number of fused-ring (bicyclic) bond motifs is 1. The second-order valence-electron chi connectivity index (χ2n) is 4.85. The lowest BCUT2D eigenvalue weighted by atomic mass is 10.00. The van der Waals surface area contributed by atoms with Crippen LogP contribution in [0.1, 0.15) is 21.6 Å². The van der Waals surface area contributed by atoms with Crippen molar-refractivity contribution in [2.75, 3.05) is 18.6 Å². The minimum atomic E-state index is -0.506. The van der Waals surface area contributed by atoms with Crippen molar-refractivity contribution < 1.29 is 13.9 Å². The van der Waals surface area contributed by atoms with Gasteiger partial charge in [0, 0.05) is 13.1 Å². The quantitative estimate of drug-likeness (QED) is 0.790. The van der Waals surface area contributed by atoms with Crippen LogP contribution in [0, 0.1) is 5.82 Å². The molecule has 0 spiro atoms. The molecule has 21 heavy (non-hydrogen) atoms. The van der Waals surface area contributed by atoms with E-state index in [0.717, 1.165) is 24.1 Å². The maximum atomic E-state index is 13.2. The third-order valence-corrected chi connectivity index (χ3v) is 3.55. The molecule has 2 heterocycles. The zero-order valence-corrected chi connectivity index (χ0v) is 11.5. The Morgan fingerprint density at radius 2 is 2.10 bits per heavy atom. The van der Waals surface area contributed by atoms with Crippen molar-refractivity contribution in [2.24, 2.45) is 0 Å². The molecule has 0 N–H and O–H groups in total. The Hall–Kier alpha value is -2.50. The van der Waals surface area contributed by atoms with E-state index in [-0.39, 0.29) is 11.5 Å². The van der Waals surface area contributed by atoms with Crippen molar-refractivity contribution in [1.82, 2.24) is 10.2 Å². The highest BCUT2D eigenvalue weighted by Gasteiger charge is 2.19. The summed E-state index contributed by atoms with van der Waals surface area (Å²) in [7, 11) is 1.30. The van der Waals surface area contributed by atoms with E-state index < -0.39 is 5.97 Å². The fourth-order valence-electron chi connectivity index (χ4n) is 2.42. The summed E-state index contributed by atoms with van der Waals surface area (Å²) < 4.78 is 17.8. The van der Waals surface area contributed by atoms with Crippen LogP contribution < -0.4 is 4.90 Å². The Kier molecular flexibility index (Phi) is 3.51. The topological polar surface area (TPSA) is 55.3 Å². The number of ether oxygens (including phenoxy) is 1. The van der Waals surface area contributed by atoms with E-state index in [0.29, 0.717) is 12.4 Å². The second kappa shape index (κ2) is 5.47. The van der Waals surface area contributed by atoms with Crippen LogP contribution in [0.5, 0.6) is 0 Å². The summed E-state index contributed by atoms with van der Waals surface area (Å²) in [6, 6.07) is 8.18. The molecule has 0 bridgehead atoms. The molecule has 0 saturated heterocycles. The fraction of sp³-hybridized carbons (Fsp3) is 0.267. The first kappa shape index (κ1) is 13.5. The van der Waals surface area contributed by atoms with Gasteiger partial charge >= 0.3 is 5.97 Å². The lowest BCUT2D eigenvalue weighted by Crippen LogP contribution is -2.31. The zero-order chi connectivity index (χ0) is 14.8. The second-order valence-corrected chi connectivity index (χ2v) is 4.85. The molecule has 0 saturated carbocycles. The molecular formula is C15H14FN3O2. The van der Waals surface area contributed by atoms with Gasteiger partial charge in [0.2, 0.25) is 0 Å². The molecule has 6 heteroatoms. The van der Waals surface area contributed by atoms with E-state index in [1.807, 2.05) is 4.90 Å². The van der Waals surface area contributed by atoms with Crippen molar-refractivity contribution in [1.29, 1.82) is 0 Å². The van der Waals surface area contributed by atoms with Gasteiger partial charge in [0.05, 0.1) is 7.11 Å². The van der Waals surface area contributed by atoms with Crippen LogP contribution in [-0.2, 0) is 17.7 Å². The minimum absolute atomic E-state index is 0.181. The molecule has 1 aromatic heterocycles. The van der Waals surface area contributed by atoms with E-state index in [4.69, 9.17) is 0 Å². The van der Waals surface area contributed by atoms with Crippen LogP contribution in [0.25, 0.3) is 0 Å². The molecule has 5 nitrogen and oxygen atoms in total.